The molecule has 0 amide bonds. The summed E-state index contributed by atoms with van der Waals surface area (Å²) < 4.78 is 5.71. The maximum Gasteiger partial charge on any atom is 0.254 e. The third kappa shape index (κ3) is 3.53. The molecule has 1 N–H and O–H groups in total. The molecule has 0 radical (unpaired) electrons. The highest BCUT2D eigenvalue weighted by molar-refractivity contribution is 7.99. The predicted octanol–water partition coefficient (Wildman–Crippen LogP) is 2.99. The van der Waals surface area contributed by atoms with Crippen LogP contribution in [0.2, 0.25) is 0 Å². The van der Waals surface area contributed by atoms with Crippen LogP contribution in [0, 0.1) is 0 Å². The Kier molecular flexibility index (Phi) is 4.83. The van der Waals surface area contributed by atoms with E-state index in [-0.39, 0.29) is 5.56 Å². The fourth-order valence-electron chi connectivity index (χ4n) is 2.61. The van der Waals surface area contributed by atoms with Gasteiger partial charge in [-0.25, -0.2) is 4.98 Å². The molecule has 4 nitrogen and oxygen atoms in total. The Morgan fingerprint density at radius 1 is 1.27 bits per heavy atom. The number of aromatic amines is 1. The van der Waals surface area contributed by atoms with Crippen molar-refractivity contribution in [1.82, 2.24) is 9.97 Å². The number of aromatic nitrogens is 2. The van der Waals surface area contributed by atoms with Crippen molar-refractivity contribution < 1.29 is 4.74 Å². The molecule has 5 heteroatoms. The van der Waals surface area contributed by atoms with E-state index in [1.165, 1.54) is 17.3 Å². The van der Waals surface area contributed by atoms with Crippen LogP contribution in [-0.4, -0.2) is 22.3 Å². The van der Waals surface area contributed by atoms with Crippen LogP contribution in [0.15, 0.2) is 34.2 Å². The number of thioether (sulfide) groups is 1. The first-order chi connectivity index (χ1) is 10.8. The lowest BCUT2D eigenvalue weighted by Gasteiger charge is -2.07. The first-order valence-corrected chi connectivity index (χ1v) is 8.71. The third-order valence-corrected chi connectivity index (χ3v) is 4.68. The highest BCUT2D eigenvalue weighted by atomic mass is 32.2. The third-order valence-electron chi connectivity index (χ3n) is 3.84. The second-order valence-electron chi connectivity index (χ2n) is 5.34. The van der Waals surface area contributed by atoms with Gasteiger partial charge in [0, 0.05) is 11.3 Å². The van der Waals surface area contributed by atoms with E-state index >= 15 is 0 Å². The minimum atomic E-state index is 0.0288. The highest BCUT2D eigenvalue weighted by Gasteiger charge is 2.17. The van der Waals surface area contributed by atoms with Crippen LogP contribution >= 0.6 is 11.8 Å². The maximum absolute atomic E-state index is 11.9. The Balaban J connectivity index is 1.51. The number of ether oxygens (including phenoxy) is 1. The van der Waals surface area contributed by atoms with Gasteiger partial charge >= 0.3 is 0 Å². The van der Waals surface area contributed by atoms with Gasteiger partial charge in [-0.05, 0) is 43.4 Å². The molecular formula is C17H20N2O2S. The van der Waals surface area contributed by atoms with Gasteiger partial charge in [-0.1, -0.05) is 30.8 Å². The Hall–Kier alpha value is -1.75. The van der Waals surface area contributed by atoms with Crippen LogP contribution in [0.5, 0.6) is 5.75 Å². The molecule has 116 valence electrons. The number of rotatable bonds is 6. The van der Waals surface area contributed by atoms with E-state index in [1.54, 1.807) is 0 Å². The van der Waals surface area contributed by atoms with Crippen molar-refractivity contribution in [3.8, 4) is 5.75 Å². The average molecular weight is 316 g/mol. The summed E-state index contributed by atoms with van der Waals surface area (Å²) in [6, 6.07) is 8.17. The van der Waals surface area contributed by atoms with Gasteiger partial charge < -0.3 is 9.72 Å². The molecule has 0 spiro atoms. The van der Waals surface area contributed by atoms with Gasteiger partial charge in [0.05, 0.1) is 12.3 Å². The Labute approximate surface area is 134 Å². The average Bonchev–Trinajstić information content (AvgIpc) is 3.01. The lowest BCUT2D eigenvalue weighted by Crippen LogP contribution is -2.15. The van der Waals surface area contributed by atoms with Crippen LogP contribution in [-0.2, 0) is 19.3 Å². The van der Waals surface area contributed by atoms with Crippen molar-refractivity contribution in [1.29, 1.82) is 0 Å². The fourth-order valence-corrected chi connectivity index (χ4v) is 3.31. The van der Waals surface area contributed by atoms with E-state index in [0.29, 0.717) is 11.8 Å². The van der Waals surface area contributed by atoms with Crippen molar-refractivity contribution in [2.45, 2.75) is 37.8 Å². The lowest BCUT2D eigenvalue weighted by molar-refractivity contribution is 0.344. The Morgan fingerprint density at radius 3 is 2.86 bits per heavy atom. The number of nitrogens with one attached hydrogen (secondary N) is 1. The van der Waals surface area contributed by atoms with Gasteiger partial charge in [-0.15, -0.1) is 0 Å². The van der Waals surface area contributed by atoms with E-state index in [4.69, 9.17) is 4.74 Å². The molecule has 3 rings (SSSR count). The summed E-state index contributed by atoms with van der Waals surface area (Å²) in [6.45, 7) is 2.73. The normalized spacial score (nSPS) is 13.1. The minimum Gasteiger partial charge on any atom is -0.493 e. The van der Waals surface area contributed by atoms with Crippen LogP contribution in [0.1, 0.15) is 30.2 Å². The van der Waals surface area contributed by atoms with Crippen LogP contribution < -0.4 is 10.3 Å². The standard InChI is InChI=1S/C17H20N2O2S/c1-2-12-6-8-13(9-7-12)21-10-11-22-17-18-15-5-3-4-14(15)16(20)19-17/h6-9H,2-5,10-11H2,1H3,(H,18,19,20). The zero-order valence-electron chi connectivity index (χ0n) is 12.7. The molecule has 0 unspecified atom stereocenters. The molecular weight excluding hydrogens is 296 g/mol. The maximum atomic E-state index is 11.9. The van der Waals surface area contributed by atoms with E-state index in [0.717, 1.165) is 48.4 Å². The predicted molar refractivity (Wildman–Crippen MR) is 88.9 cm³/mol. The second kappa shape index (κ2) is 7.01. The van der Waals surface area contributed by atoms with E-state index < -0.39 is 0 Å². The van der Waals surface area contributed by atoms with Crippen LogP contribution in [0.4, 0.5) is 0 Å². The summed E-state index contributed by atoms with van der Waals surface area (Å²) >= 11 is 1.54. The Morgan fingerprint density at radius 2 is 2.09 bits per heavy atom. The molecule has 1 aromatic heterocycles. The molecule has 0 bridgehead atoms. The number of hydrogen-bond acceptors (Lipinski definition) is 4. The number of fused-ring (bicyclic) bond motifs is 1. The van der Waals surface area contributed by atoms with E-state index in [1.807, 2.05) is 12.1 Å². The molecule has 0 saturated carbocycles. The number of nitrogens with zero attached hydrogens (tertiary/aromatic N) is 1. The molecule has 22 heavy (non-hydrogen) atoms. The van der Waals surface area contributed by atoms with Crippen molar-refractivity contribution in [2.75, 3.05) is 12.4 Å². The summed E-state index contributed by atoms with van der Waals surface area (Å²) in [5, 5.41) is 0.704. The summed E-state index contributed by atoms with van der Waals surface area (Å²) in [5.74, 6) is 1.64. The molecule has 1 aliphatic rings. The summed E-state index contributed by atoms with van der Waals surface area (Å²) in [7, 11) is 0. The van der Waals surface area contributed by atoms with Gasteiger partial charge in [0.15, 0.2) is 5.16 Å². The summed E-state index contributed by atoms with van der Waals surface area (Å²) in [4.78, 5) is 19.3. The van der Waals surface area contributed by atoms with Gasteiger partial charge in [0.25, 0.3) is 5.56 Å². The number of H-pyrrole nitrogens is 1. The van der Waals surface area contributed by atoms with Crippen LogP contribution in [0.3, 0.4) is 0 Å². The lowest BCUT2D eigenvalue weighted by atomic mass is 10.2. The monoisotopic (exact) mass is 316 g/mol. The number of benzene rings is 1. The van der Waals surface area contributed by atoms with E-state index in [2.05, 4.69) is 29.0 Å². The first kappa shape index (κ1) is 15.2. The van der Waals surface area contributed by atoms with Gasteiger partial charge in [0.2, 0.25) is 0 Å². The zero-order chi connectivity index (χ0) is 15.4. The number of hydrogen-bond donors (Lipinski definition) is 1. The second-order valence-corrected chi connectivity index (χ2v) is 6.43. The fraction of sp³-hybridized carbons (Fsp3) is 0.412. The Bertz CT molecular complexity index is 695. The molecule has 0 fully saturated rings. The zero-order valence-corrected chi connectivity index (χ0v) is 13.5. The van der Waals surface area contributed by atoms with Crippen molar-refractivity contribution in [3.05, 3.63) is 51.4 Å². The molecule has 1 aromatic carbocycles. The smallest absolute Gasteiger partial charge is 0.254 e. The molecule has 1 aliphatic carbocycles. The quantitative estimate of drug-likeness (QED) is 0.506. The first-order valence-electron chi connectivity index (χ1n) is 7.73. The minimum absolute atomic E-state index is 0.0288. The van der Waals surface area contributed by atoms with Gasteiger partial charge in [0.1, 0.15) is 5.75 Å². The topological polar surface area (TPSA) is 55.0 Å². The summed E-state index contributed by atoms with van der Waals surface area (Å²) in [5.41, 5.74) is 3.18. The largest absolute Gasteiger partial charge is 0.493 e. The van der Waals surface area contributed by atoms with Crippen LogP contribution in [0.25, 0.3) is 0 Å². The van der Waals surface area contributed by atoms with E-state index in [9.17, 15) is 4.79 Å². The molecule has 0 atom stereocenters. The van der Waals surface area contributed by atoms with Crippen molar-refractivity contribution in [2.24, 2.45) is 0 Å². The number of aryl methyl sites for hydroxylation is 2. The highest BCUT2D eigenvalue weighted by Crippen LogP contribution is 2.20. The SMILES string of the molecule is CCc1ccc(OCCSc2nc3c(c(=O)[nH]2)CCC3)cc1. The van der Waals surface area contributed by atoms with Gasteiger partial charge in [-0.3, -0.25) is 4.79 Å². The van der Waals surface area contributed by atoms with Crippen molar-refractivity contribution in [3.63, 3.8) is 0 Å². The van der Waals surface area contributed by atoms with Crippen molar-refractivity contribution >= 4 is 11.8 Å². The molecule has 0 aliphatic heterocycles. The molecule has 2 aromatic rings. The summed E-state index contributed by atoms with van der Waals surface area (Å²) in [6.07, 6.45) is 3.86. The van der Waals surface area contributed by atoms with Gasteiger partial charge in [-0.2, -0.15) is 0 Å². The molecule has 1 heterocycles. The molecule has 0 saturated heterocycles.